The Morgan fingerprint density at radius 1 is 1.33 bits per heavy atom. The van der Waals surface area contributed by atoms with Crippen LogP contribution in [0.1, 0.15) is 24.5 Å². The molecule has 0 saturated heterocycles. The minimum absolute atomic E-state index is 0.0707. The molecule has 1 atom stereocenters. The Bertz CT molecular complexity index is 460. The molecule has 0 aromatic heterocycles. The summed E-state index contributed by atoms with van der Waals surface area (Å²) >= 11 is 0. The highest BCUT2D eigenvalue weighted by molar-refractivity contribution is 5.73. The number of nitrogens with zero attached hydrogens (tertiary/aromatic N) is 1. The summed E-state index contributed by atoms with van der Waals surface area (Å²) in [6.45, 7) is 2.30. The van der Waals surface area contributed by atoms with Crippen molar-refractivity contribution in [1.82, 2.24) is 5.06 Å². The van der Waals surface area contributed by atoms with E-state index in [9.17, 15) is 23.1 Å². The molecule has 118 valence electrons. The highest BCUT2D eigenvalue weighted by Crippen LogP contribution is 2.29. The standard InChI is InChI=1S/C14H18F3NO3/c1-3-8-18(21-2)12(13(19)20)9-10-4-6-11(7-5-10)14(15,16)17/h4-7,12H,3,8-9H2,1-2H3,(H,19,20)/t12-/m0/s1. The van der Waals surface area contributed by atoms with Gasteiger partial charge in [-0.3, -0.25) is 4.79 Å². The molecule has 0 bridgehead atoms. The number of halogens is 3. The molecule has 0 spiro atoms. The predicted molar refractivity (Wildman–Crippen MR) is 70.6 cm³/mol. The molecule has 0 saturated carbocycles. The first-order valence-corrected chi connectivity index (χ1v) is 6.49. The van der Waals surface area contributed by atoms with Crippen LogP contribution in [0.25, 0.3) is 0 Å². The van der Waals surface area contributed by atoms with E-state index in [1.807, 2.05) is 6.92 Å². The summed E-state index contributed by atoms with van der Waals surface area (Å²) in [5.41, 5.74) is -0.246. The van der Waals surface area contributed by atoms with Crippen molar-refractivity contribution in [1.29, 1.82) is 0 Å². The largest absolute Gasteiger partial charge is 0.480 e. The van der Waals surface area contributed by atoms with Crippen LogP contribution in [0.3, 0.4) is 0 Å². The van der Waals surface area contributed by atoms with Crippen molar-refractivity contribution in [3.05, 3.63) is 35.4 Å². The molecule has 0 amide bonds. The van der Waals surface area contributed by atoms with Crippen molar-refractivity contribution in [2.45, 2.75) is 32.0 Å². The summed E-state index contributed by atoms with van der Waals surface area (Å²) in [5.74, 6) is -1.08. The summed E-state index contributed by atoms with van der Waals surface area (Å²) in [6.07, 6.45) is -3.63. The van der Waals surface area contributed by atoms with E-state index in [0.717, 1.165) is 12.1 Å². The first kappa shape index (κ1) is 17.5. The molecular weight excluding hydrogens is 287 g/mol. The molecule has 1 N–H and O–H groups in total. The lowest BCUT2D eigenvalue weighted by Gasteiger charge is -2.26. The molecule has 0 aliphatic heterocycles. The summed E-state index contributed by atoms with van der Waals surface area (Å²) in [5, 5.41) is 10.6. The van der Waals surface area contributed by atoms with E-state index in [4.69, 9.17) is 4.84 Å². The third-order valence-electron chi connectivity index (χ3n) is 3.02. The number of hydroxylamine groups is 2. The minimum atomic E-state index is -4.40. The van der Waals surface area contributed by atoms with Crippen molar-refractivity contribution < 1.29 is 27.9 Å². The van der Waals surface area contributed by atoms with E-state index in [1.165, 1.54) is 24.3 Å². The summed E-state index contributed by atoms with van der Waals surface area (Å²) < 4.78 is 37.4. The third kappa shape index (κ3) is 5.02. The van der Waals surface area contributed by atoms with E-state index >= 15 is 0 Å². The van der Waals surface area contributed by atoms with Crippen molar-refractivity contribution in [3.8, 4) is 0 Å². The van der Waals surface area contributed by atoms with Gasteiger partial charge in [0.05, 0.1) is 12.7 Å². The number of carbonyl (C=O) groups is 1. The van der Waals surface area contributed by atoms with Crippen molar-refractivity contribution in [2.24, 2.45) is 0 Å². The Morgan fingerprint density at radius 2 is 1.90 bits per heavy atom. The SMILES string of the molecule is CCCN(OC)[C@@H](Cc1ccc(C(F)(F)F)cc1)C(=O)O. The Hall–Kier alpha value is -1.60. The van der Waals surface area contributed by atoms with Crippen LogP contribution >= 0.6 is 0 Å². The van der Waals surface area contributed by atoms with Crippen molar-refractivity contribution in [2.75, 3.05) is 13.7 Å². The van der Waals surface area contributed by atoms with Gasteiger partial charge >= 0.3 is 12.1 Å². The van der Waals surface area contributed by atoms with E-state index in [0.29, 0.717) is 18.5 Å². The van der Waals surface area contributed by atoms with Crippen LogP contribution < -0.4 is 0 Å². The topological polar surface area (TPSA) is 49.8 Å². The Labute approximate surface area is 121 Å². The first-order valence-electron chi connectivity index (χ1n) is 6.49. The van der Waals surface area contributed by atoms with Gasteiger partial charge in [0.25, 0.3) is 0 Å². The van der Waals surface area contributed by atoms with Gasteiger partial charge in [0, 0.05) is 13.0 Å². The van der Waals surface area contributed by atoms with Gasteiger partial charge in [-0.15, -0.1) is 0 Å². The molecule has 1 aromatic carbocycles. The third-order valence-corrected chi connectivity index (χ3v) is 3.02. The molecule has 0 fully saturated rings. The van der Waals surface area contributed by atoms with Gasteiger partial charge in [-0.2, -0.15) is 18.2 Å². The number of hydrogen-bond acceptors (Lipinski definition) is 3. The lowest BCUT2D eigenvalue weighted by molar-refractivity contribution is -0.184. The van der Waals surface area contributed by atoms with Crippen LogP contribution in [-0.4, -0.2) is 35.8 Å². The fourth-order valence-corrected chi connectivity index (χ4v) is 1.96. The number of carboxylic acid groups (broad SMARTS) is 1. The summed E-state index contributed by atoms with van der Waals surface area (Å²) in [4.78, 5) is 16.3. The molecule has 0 radical (unpaired) electrons. The molecule has 4 nitrogen and oxygen atoms in total. The fourth-order valence-electron chi connectivity index (χ4n) is 1.96. The second-order valence-electron chi connectivity index (χ2n) is 4.58. The normalized spacial score (nSPS) is 13.4. The second kappa shape index (κ2) is 7.42. The number of aliphatic carboxylic acids is 1. The maximum atomic E-state index is 12.5. The van der Waals surface area contributed by atoms with Gasteiger partial charge in [-0.05, 0) is 24.1 Å². The maximum Gasteiger partial charge on any atom is 0.416 e. The van der Waals surface area contributed by atoms with Crippen LogP contribution in [-0.2, 0) is 22.2 Å². The van der Waals surface area contributed by atoms with Gasteiger partial charge in [-0.25, -0.2) is 0 Å². The van der Waals surface area contributed by atoms with Crippen molar-refractivity contribution >= 4 is 5.97 Å². The van der Waals surface area contributed by atoms with Gasteiger partial charge in [0.1, 0.15) is 6.04 Å². The van der Waals surface area contributed by atoms with E-state index < -0.39 is 23.8 Å². The minimum Gasteiger partial charge on any atom is -0.480 e. The smallest absolute Gasteiger partial charge is 0.416 e. The highest BCUT2D eigenvalue weighted by atomic mass is 19.4. The zero-order chi connectivity index (χ0) is 16.0. The highest BCUT2D eigenvalue weighted by Gasteiger charge is 2.30. The lowest BCUT2D eigenvalue weighted by atomic mass is 10.0. The molecule has 0 heterocycles. The number of carboxylic acids is 1. The second-order valence-corrected chi connectivity index (χ2v) is 4.58. The van der Waals surface area contributed by atoms with E-state index in [2.05, 4.69) is 0 Å². The molecule has 0 unspecified atom stereocenters. The average molecular weight is 305 g/mol. The zero-order valence-electron chi connectivity index (χ0n) is 11.9. The predicted octanol–water partition coefficient (Wildman–Crippen LogP) is 2.97. The van der Waals surface area contributed by atoms with Crippen LogP contribution in [0.4, 0.5) is 13.2 Å². The Morgan fingerprint density at radius 3 is 2.29 bits per heavy atom. The van der Waals surface area contributed by atoms with Crippen LogP contribution in [0.5, 0.6) is 0 Å². The molecule has 1 rings (SSSR count). The van der Waals surface area contributed by atoms with E-state index in [-0.39, 0.29) is 6.42 Å². The first-order chi connectivity index (χ1) is 9.79. The molecule has 0 aliphatic rings. The summed E-state index contributed by atoms with van der Waals surface area (Å²) in [7, 11) is 1.37. The summed E-state index contributed by atoms with van der Waals surface area (Å²) in [6, 6.07) is 3.54. The maximum absolute atomic E-state index is 12.5. The Kier molecular flexibility index (Phi) is 6.17. The lowest BCUT2D eigenvalue weighted by Crippen LogP contribution is -2.42. The molecule has 1 aromatic rings. The average Bonchev–Trinajstić information content (AvgIpc) is 2.42. The van der Waals surface area contributed by atoms with Crippen LogP contribution in [0, 0.1) is 0 Å². The van der Waals surface area contributed by atoms with Gasteiger partial charge in [-0.1, -0.05) is 19.1 Å². The quantitative estimate of drug-likeness (QED) is 0.787. The van der Waals surface area contributed by atoms with Crippen LogP contribution in [0.2, 0.25) is 0 Å². The van der Waals surface area contributed by atoms with Gasteiger partial charge in [0.2, 0.25) is 0 Å². The van der Waals surface area contributed by atoms with E-state index in [1.54, 1.807) is 0 Å². The van der Waals surface area contributed by atoms with Gasteiger partial charge in [0.15, 0.2) is 0 Å². The fraction of sp³-hybridized carbons (Fsp3) is 0.500. The number of hydrogen-bond donors (Lipinski definition) is 1. The number of benzene rings is 1. The van der Waals surface area contributed by atoms with Gasteiger partial charge < -0.3 is 9.94 Å². The van der Waals surface area contributed by atoms with Crippen molar-refractivity contribution in [3.63, 3.8) is 0 Å². The Balaban J connectivity index is 2.87. The molecule has 0 aliphatic carbocycles. The zero-order valence-corrected chi connectivity index (χ0v) is 11.9. The monoisotopic (exact) mass is 305 g/mol. The molecule has 7 heteroatoms. The molecular formula is C14H18F3NO3. The molecule has 21 heavy (non-hydrogen) atoms. The number of rotatable bonds is 7. The van der Waals surface area contributed by atoms with Crippen LogP contribution in [0.15, 0.2) is 24.3 Å². The number of alkyl halides is 3.